The molecular weight excluding hydrogens is 540 g/mol. The Bertz CT molecular complexity index is 1230. The van der Waals surface area contributed by atoms with Gasteiger partial charge in [-0.15, -0.1) is 0 Å². The third-order valence-electron chi connectivity index (χ3n) is 7.95. The number of nitrogens with zero attached hydrogens (tertiary/aromatic N) is 1. The van der Waals surface area contributed by atoms with E-state index in [1.165, 1.54) is 5.56 Å². The molecule has 9 heteroatoms. The van der Waals surface area contributed by atoms with Crippen LogP contribution in [0.3, 0.4) is 0 Å². The van der Waals surface area contributed by atoms with Gasteiger partial charge in [-0.05, 0) is 66.0 Å². The maximum Gasteiger partial charge on any atom is 0.347 e. The van der Waals surface area contributed by atoms with Crippen molar-refractivity contribution in [3.05, 3.63) is 59.7 Å². The quantitative estimate of drug-likeness (QED) is 0.241. The smallest absolute Gasteiger partial charge is 0.347 e. The molecule has 1 heterocycles. The predicted molar refractivity (Wildman–Crippen MR) is 161 cm³/mol. The summed E-state index contributed by atoms with van der Waals surface area (Å²) in [7, 11) is -3.10. The van der Waals surface area contributed by atoms with Crippen LogP contribution in [0.5, 0.6) is 11.5 Å². The Labute approximate surface area is 245 Å². The Kier molecular flexibility index (Phi) is 10.4. The number of carbonyl (C=O) groups is 1. The van der Waals surface area contributed by atoms with E-state index in [1.807, 2.05) is 55.5 Å². The van der Waals surface area contributed by atoms with E-state index in [0.29, 0.717) is 62.9 Å². The summed E-state index contributed by atoms with van der Waals surface area (Å²) in [6.45, 7) is 13.1. The number of fused-ring (bicyclic) bond motifs is 1. The van der Waals surface area contributed by atoms with Crippen LogP contribution in [0, 0.1) is 11.8 Å². The predicted octanol–water partition coefficient (Wildman–Crippen LogP) is 4.57. The van der Waals surface area contributed by atoms with E-state index in [4.69, 9.17) is 14.2 Å². The first-order chi connectivity index (χ1) is 19.5. The van der Waals surface area contributed by atoms with Crippen LogP contribution in [0.2, 0.25) is 0 Å². The average Bonchev–Trinajstić information content (AvgIpc) is 3.36. The summed E-state index contributed by atoms with van der Waals surface area (Å²) < 4.78 is 43.7. The topological polar surface area (TPSA) is 94.2 Å². The number of piperidine rings is 1. The summed E-state index contributed by atoms with van der Waals surface area (Å²) in [5.74, 6) is 2.09. The molecule has 4 rings (SSSR count). The highest BCUT2D eigenvalue weighted by Gasteiger charge is 2.57. The van der Waals surface area contributed by atoms with Gasteiger partial charge in [0, 0.05) is 32.1 Å². The molecule has 1 saturated heterocycles. The molecule has 0 unspecified atom stereocenters. The lowest BCUT2D eigenvalue weighted by molar-refractivity contribution is -0.151. The van der Waals surface area contributed by atoms with Crippen LogP contribution in [-0.4, -0.2) is 69.4 Å². The number of ether oxygens (including phenoxy) is 3. The molecule has 1 aliphatic carbocycles. The van der Waals surface area contributed by atoms with Crippen LogP contribution in [0.1, 0.15) is 58.6 Å². The van der Waals surface area contributed by atoms with Gasteiger partial charge in [-0.2, -0.15) is 0 Å². The fourth-order valence-electron chi connectivity index (χ4n) is 5.41. The van der Waals surface area contributed by atoms with Gasteiger partial charge in [-0.25, -0.2) is 17.5 Å². The van der Waals surface area contributed by atoms with Crippen LogP contribution < -0.4 is 14.8 Å². The van der Waals surface area contributed by atoms with E-state index in [1.54, 1.807) is 11.2 Å². The molecule has 0 aromatic heterocycles. The van der Waals surface area contributed by atoms with Gasteiger partial charge in [0.2, 0.25) is 10.0 Å². The molecule has 2 aromatic rings. The Hall–Kier alpha value is -2.62. The van der Waals surface area contributed by atoms with Crippen LogP contribution in [-0.2, 0) is 31.4 Å². The molecule has 0 spiro atoms. The summed E-state index contributed by atoms with van der Waals surface area (Å²) in [6.07, 6.45) is 1.25. The van der Waals surface area contributed by atoms with Crippen molar-refractivity contribution in [3.63, 3.8) is 0 Å². The van der Waals surface area contributed by atoms with Crippen molar-refractivity contribution < 1.29 is 27.4 Å². The van der Waals surface area contributed by atoms with Gasteiger partial charge in [-0.1, -0.05) is 58.4 Å². The van der Waals surface area contributed by atoms with E-state index < -0.39 is 16.1 Å². The fraction of sp³-hybridized carbons (Fsp3) is 0.594. The van der Waals surface area contributed by atoms with Gasteiger partial charge in [-0.3, -0.25) is 0 Å². The molecule has 1 aliphatic heterocycles. The standard InChI is InChI=1S/C32H46N2O6S/c1-6-8-19-41(36,37)34-21-27-28(22-34)30(27)33-17-18-39-25-13-9-23(10-14-25)20-29(31(35)38-7-2)40-26-15-11-24(12-16-26)32(3,4)5/h9-16,27-30,33H,6-8,17-22H2,1-5H3/t27-,28+,29-,30+/m0/s1. The van der Waals surface area contributed by atoms with E-state index >= 15 is 0 Å². The Morgan fingerprint density at radius 2 is 1.63 bits per heavy atom. The average molecular weight is 587 g/mol. The van der Waals surface area contributed by atoms with Crippen LogP contribution >= 0.6 is 0 Å². The number of esters is 1. The minimum atomic E-state index is -3.10. The Morgan fingerprint density at radius 3 is 2.22 bits per heavy atom. The fourth-order valence-corrected chi connectivity index (χ4v) is 7.12. The van der Waals surface area contributed by atoms with E-state index in [2.05, 4.69) is 26.1 Å². The van der Waals surface area contributed by atoms with Crippen LogP contribution in [0.25, 0.3) is 0 Å². The first-order valence-electron chi connectivity index (χ1n) is 14.9. The molecular formula is C32H46N2O6S. The lowest BCUT2D eigenvalue weighted by Gasteiger charge is -2.21. The van der Waals surface area contributed by atoms with Gasteiger partial charge >= 0.3 is 5.97 Å². The van der Waals surface area contributed by atoms with Gasteiger partial charge in [0.25, 0.3) is 0 Å². The van der Waals surface area contributed by atoms with Crippen LogP contribution in [0.4, 0.5) is 0 Å². The molecule has 41 heavy (non-hydrogen) atoms. The third kappa shape index (κ3) is 8.46. The summed E-state index contributed by atoms with van der Waals surface area (Å²) in [5.41, 5.74) is 2.18. The maximum atomic E-state index is 12.6. The molecule has 226 valence electrons. The van der Waals surface area contributed by atoms with Gasteiger partial charge in [0.15, 0.2) is 6.10 Å². The van der Waals surface area contributed by atoms with E-state index in [9.17, 15) is 13.2 Å². The number of carbonyl (C=O) groups excluding carboxylic acids is 1. The zero-order valence-electron chi connectivity index (χ0n) is 25.1. The number of benzene rings is 2. The number of hydrogen-bond acceptors (Lipinski definition) is 7. The number of unbranched alkanes of at least 4 members (excludes halogenated alkanes) is 1. The second-order valence-electron chi connectivity index (χ2n) is 12.1. The minimum absolute atomic E-state index is 0.0385. The second-order valence-corrected chi connectivity index (χ2v) is 14.2. The highest BCUT2D eigenvalue weighted by Crippen LogP contribution is 2.46. The number of nitrogens with one attached hydrogen (secondary N) is 1. The lowest BCUT2D eigenvalue weighted by Crippen LogP contribution is -2.37. The number of hydrogen-bond donors (Lipinski definition) is 1. The molecule has 2 fully saturated rings. The number of sulfonamides is 1. The van der Waals surface area contributed by atoms with Crippen molar-refractivity contribution in [1.29, 1.82) is 0 Å². The van der Waals surface area contributed by atoms with Crippen LogP contribution in [0.15, 0.2) is 48.5 Å². The first-order valence-corrected chi connectivity index (χ1v) is 16.5. The molecule has 1 N–H and O–H groups in total. The number of rotatable bonds is 15. The highest BCUT2D eigenvalue weighted by molar-refractivity contribution is 7.89. The SMILES string of the molecule is CCCCS(=O)(=O)N1C[C@@H]2[C@H](C1)[C@H]2NCCOc1ccc(C[C@H](Oc2ccc(C(C)(C)C)cc2)C(=O)OCC)cc1. The molecule has 0 radical (unpaired) electrons. The minimum Gasteiger partial charge on any atom is -0.492 e. The third-order valence-corrected chi connectivity index (χ3v) is 9.84. The zero-order chi connectivity index (χ0) is 29.6. The molecule has 0 amide bonds. The largest absolute Gasteiger partial charge is 0.492 e. The van der Waals surface area contributed by atoms with Crippen molar-refractivity contribution in [2.24, 2.45) is 11.8 Å². The van der Waals surface area contributed by atoms with Gasteiger partial charge in [0.1, 0.15) is 18.1 Å². The van der Waals surface area contributed by atoms with Gasteiger partial charge < -0.3 is 19.5 Å². The summed E-state index contributed by atoms with van der Waals surface area (Å²) in [6, 6.07) is 15.9. The molecule has 2 aliphatic rings. The summed E-state index contributed by atoms with van der Waals surface area (Å²) in [4.78, 5) is 12.6. The first kappa shape index (κ1) is 31.3. The molecule has 4 atom stereocenters. The van der Waals surface area contributed by atoms with Crippen molar-refractivity contribution in [3.8, 4) is 11.5 Å². The van der Waals surface area contributed by atoms with E-state index in [-0.39, 0.29) is 17.1 Å². The molecule has 2 aromatic carbocycles. The van der Waals surface area contributed by atoms with Crippen molar-refractivity contribution in [2.45, 2.75) is 71.4 Å². The Balaban J connectivity index is 1.21. The monoisotopic (exact) mass is 586 g/mol. The molecule has 8 nitrogen and oxygen atoms in total. The lowest BCUT2D eigenvalue weighted by atomic mass is 9.87. The van der Waals surface area contributed by atoms with E-state index in [0.717, 1.165) is 24.2 Å². The van der Waals surface area contributed by atoms with Crippen molar-refractivity contribution >= 4 is 16.0 Å². The highest BCUT2D eigenvalue weighted by atomic mass is 32.2. The summed E-state index contributed by atoms with van der Waals surface area (Å²) >= 11 is 0. The second kappa shape index (κ2) is 13.6. The molecule has 0 bridgehead atoms. The summed E-state index contributed by atoms with van der Waals surface area (Å²) in [5, 5.41) is 3.53. The van der Waals surface area contributed by atoms with Gasteiger partial charge in [0.05, 0.1) is 12.4 Å². The zero-order valence-corrected chi connectivity index (χ0v) is 25.9. The molecule has 1 saturated carbocycles. The van der Waals surface area contributed by atoms with Crippen molar-refractivity contribution in [1.82, 2.24) is 9.62 Å². The Morgan fingerprint density at radius 1 is 1.00 bits per heavy atom. The normalized spacial score (nSPS) is 21.2. The van der Waals surface area contributed by atoms with Crippen molar-refractivity contribution in [2.75, 3.05) is 38.6 Å². The maximum absolute atomic E-state index is 12.6.